The van der Waals surface area contributed by atoms with Gasteiger partial charge in [0, 0.05) is 5.56 Å². The second kappa shape index (κ2) is 5.50. The fourth-order valence-corrected chi connectivity index (χ4v) is 2.00. The Kier molecular flexibility index (Phi) is 4.48. The molecule has 100 valence electrons. The molecule has 0 heterocycles. The Morgan fingerprint density at radius 2 is 1.61 bits per heavy atom. The summed E-state index contributed by atoms with van der Waals surface area (Å²) >= 11 is 0. The summed E-state index contributed by atoms with van der Waals surface area (Å²) in [5, 5.41) is 21.0. The quantitative estimate of drug-likeness (QED) is 0.750. The number of carbonyl (C=O) groups is 1. The Morgan fingerprint density at radius 1 is 1.17 bits per heavy atom. The average Bonchev–Trinajstić information content (AvgIpc) is 2.27. The summed E-state index contributed by atoms with van der Waals surface area (Å²) in [6.45, 7) is 6.73. The van der Waals surface area contributed by atoms with Crippen LogP contribution in [0, 0.1) is 20.8 Å². The van der Waals surface area contributed by atoms with Crippen LogP contribution in [0.4, 0.5) is 0 Å². The molecule has 0 bridgehead atoms. The van der Waals surface area contributed by atoms with Crippen molar-refractivity contribution in [2.24, 2.45) is 0 Å². The maximum Gasteiger partial charge on any atom is 0.252 e. The summed E-state index contributed by atoms with van der Waals surface area (Å²) in [5.41, 5.74) is 2.50. The normalized spacial score (nSPS) is 11.4. The highest BCUT2D eigenvalue weighted by atomic mass is 16.3. The topological polar surface area (TPSA) is 69.6 Å². The minimum absolute atomic E-state index is 0.268. The van der Waals surface area contributed by atoms with E-state index in [4.69, 9.17) is 0 Å². The Hall–Kier alpha value is -1.39. The van der Waals surface area contributed by atoms with Gasteiger partial charge in [-0.3, -0.25) is 4.79 Å². The lowest BCUT2D eigenvalue weighted by atomic mass is 9.97. The van der Waals surface area contributed by atoms with E-state index >= 15 is 0 Å². The second-order valence-electron chi connectivity index (χ2n) is 5.10. The third-order valence-electron chi connectivity index (χ3n) is 3.02. The van der Waals surface area contributed by atoms with Crippen molar-refractivity contribution in [3.05, 3.63) is 34.4 Å². The molecule has 0 saturated heterocycles. The van der Waals surface area contributed by atoms with Gasteiger partial charge in [0.15, 0.2) is 0 Å². The number of nitrogens with one attached hydrogen (secondary N) is 1. The molecule has 0 saturated carbocycles. The molecule has 0 unspecified atom stereocenters. The number of amides is 1. The third kappa shape index (κ3) is 3.09. The van der Waals surface area contributed by atoms with Crippen LogP contribution in [0.2, 0.25) is 0 Å². The Balaban J connectivity index is 3.05. The number of rotatable bonds is 4. The van der Waals surface area contributed by atoms with Crippen LogP contribution in [-0.2, 0) is 0 Å². The molecule has 0 spiro atoms. The Labute approximate surface area is 108 Å². The van der Waals surface area contributed by atoms with E-state index in [1.165, 1.54) is 0 Å². The highest BCUT2D eigenvalue weighted by molar-refractivity contribution is 5.97. The van der Waals surface area contributed by atoms with Crippen molar-refractivity contribution in [3.63, 3.8) is 0 Å². The number of hydrogen-bond acceptors (Lipinski definition) is 3. The van der Waals surface area contributed by atoms with Gasteiger partial charge >= 0.3 is 0 Å². The summed E-state index contributed by atoms with van der Waals surface area (Å²) < 4.78 is 0. The molecule has 1 rings (SSSR count). The predicted molar refractivity (Wildman–Crippen MR) is 70.7 cm³/mol. The molecule has 0 fully saturated rings. The zero-order valence-electron chi connectivity index (χ0n) is 11.4. The minimum Gasteiger partial charge on any atom is -0.394 e. The zero-order chi connectivity index (χ0) is 13.9. The maximum absolute atomic E-state index is 12.2. The van der Waals surface area contributed by atoms with Crippen molar-refractivity contribution in [2.75, 3.05) is 13.2 Å². The van der Waals surface area contributed by atoms with E-state index in [9.17, 15) is 15.0 Å². The molecular weight excluding hydrogens is 230 g/mol. The fraction of sp³-hybridized carbons (Fsp3) is 0.500. The van der Waals surface area contributed by atoms with E-state index < -0.39 is 5.54 Å². The number of carbonyl (C=O) groups excluding carboxylic acids is 1. The number of aliphatic hydroxyl groups is 2. The van der Waals surface area contributed by atoms with Crippen molar-refractivity contribution in [1.29, 1.82) is 0 Å². The van der Waals surface area contributed by atoms with Gasteiger partial charge in [-0.25, -0.2) is 0 Å². The van der Waals surface area contributed by atoms with Gasteiger partial charge in [-0.2, -0.15) is 0 Å². The summed E-state index contributed by atoms with van der Waals surface area (Å²) in [7, 11) is 0. The molecule has 0 aromatic heterocycles. The molecule has 0 aliphatic rings. The monoisotopic (exact) mass is 251 g/mol. The fourth-order valence-electron chi connectivity index (χ4n) is 2.00. The molecular formula is C14H21NO3. The Bertz CT molecular complexity index is 427. The van der Waals surface area contributed by atoms with Gasteiger partial charge in [0.1, 0.15) is 0 Å². The Morgan fingerprint density at radius 3 is 2.00 bits per heavy atom. The average molecular weight is 251 g/mol. The van der Waals surface area contributed by atoms with Gasteiger partial charge in [0.05, 0.1) is 18.8 Å². The van der Waals surface area contributed by atoms with Crippen LogP contribution in [0.15, 0.2) is 12.1 Å². The van der Waals surface area contributed by atoms with Crippen LogP contribution in [0.5, 0.6) is 0 Å². The maximum atomic E-state index is 12.2. The van der Waals surface area contributed by atoms with E-state index in [0.29, 0.717) is 5.56 Å². The lowest BCUT2D eigenvalue weighted by Crippen LogP contribution is -2.52. The summed E-state index contributed by atoms with van der Waals surface area (Å²) in [5.74, 6) is -0.268. The first-order chi connectivity index (χ1) is 8.33. The van der Waals surface area contributed by atoms with E-state index in [-0.39, 0.29) is 19.1 Å². The smallest absolute Gasteiger partial charge is 0.252 e. The van der Waals surface area contributed by atoms with E-state index in [1.807, 2.05) is 32.9 Å². The minimum atomic E-state index is -0.999. The SMILES string of the molecule is Cc1cc(C)c(C(=O)NC(C)(CO)CO)c(C)c1. The van der Waals surface area contributed by atoms with Crippen molar-refractivity contribution in [3.8, 4) is 0 Å². The van der Waals surface area contributed by atoms with Crippen LogP contribution < -0.4 is 5.32 Å². The number of aryl methyl sites for hydroxylation is 3. The van der Waals surface area contributed by atoms with Crippen molar-refractivity contribution in [2.45, 2.75) is 33.2 Å². The van der Waals surface area contributed by atoms with E-state index in [2.05, 4.69) is 5.32 Å². The largest absolute Gasteiger partial charge is 0.394 e. The lowest BCUT2D eigenvalue weighted by molar-refractivity contribution is 0.0722. The molecule has 3 N–H and O–H groups in total. The van der Waals surface area contributed by atoms with Crippen LogP contribution in [0.1, 0.15) is 34.0 Å². The predicted octanol–water partition coefficient (Wildman–Crippen LogP) is 1.08. The van der Waals surface area contributed by atoms with Crippen LogP contribution in [0.3, 0.4) is 0 Å². The summed E-state index contributed by atoms with van der Waals surface area (Å²) in [6.07, 6.45) is 0. The summed E-state index contributed by atoms with van der Waals surface area (Å²) in [4.78, 5) is 12.2. The first-order valence-corrected chi connectivity index (χ1v) is 5.95. The number of aliphatic hydroxyl groups excluding tert-OH is 2. The first kappa shape index (κ1) is 14.7. The van der Waals surface area contributed by atoms with E-state index in [1.54, 1.807) is 6.92 Å². The van der Waals surface area contributed by atoms with Crippen molar-refractivity contribution < 1.29 is 15.0 Å². The van der Waals surface area contributed by atoms with Gasteiger partial charge in [-0.1, -0.05) is 17.7 Å². The highest BCUT2D eigenvalue weighted by Gasteiger charge is 2.26. The zero-order valence-corrected chi connectivity index (χ0v) is 11.4. The molecule has 18 heavy (non-hydrogen) atoms. The lowest BCUT2D eigenvalue weighted by Gasteiger charge is -2.27. The highest BCUT2D eigenvalue weighted by Crippen LogP contribution is 2.17. The van der Waals surface area contributed by atoms with Crippen LogP contribution in [-0.4, -0.2) is 34.9 Å². The van der Waals surface area contributed by atoms with Crippen LogP contribution >= 0.6 is 0 Å². The van der Waals surface area contributed by atoms with Crippen molar-refractivity contribution in [1.82, 2.24) is 5.32 Å². The second-order valence-corrected chi connectivity index (χ2v) is 5.10. The molecule has 0 radical (unpaired) electrons. The van der Waals surface area contributed by atoms with Crippen LogP contribution in [0.25, 0.3) is 0 Å². The number of hydrogen-bond donors (Lipinski definition) is 3. The van der Waals surface area contributed by atoms with Crippen molar-refractivity contribution >= 4 is 5.91 Å². The van der Waals surface area contributed by atoms with Gasteiger partial charge < -0.3 is 15.5 Å². The molecule has 1 aromatic carbocycles. The third-order valence-corrected chi connectivity index (χ3v) is 3.02. The van der Waals surface area contributed by atoms with Gasteiger partial charge in [0.2, 0.25) is 0 Å². The molecule has 1 amide bonds. The van der Waals surface area contributed by atoms with Gasteiger partial charge in [0.25, 0.3) is 5.91 Å². The molecule has 4 nitrogen and oxygen atoms in total. The number of benzene rings is 1. The standard InChI is InChI=1S/C14H21NO3/c1-9-5-10(2)12(11(3)6-9)13(18)15-14(4,7-16)8-17/h5-6,16-17H,7-8H2,1-4H3,(H,15,18). The summed E-state index contributed by atoms with van der Waals surface area (Å²) in [6, 6.07) is 3.88. The molecule has 0 aliphatic carbocycles. The van der Waals surface area contributed by atoms with Gasteiger partial charge in [-0.15, -0.1) is 0 Å². The molecule has 1 aromatic rings. The van der Waals surface area contributed by atoms with E-state index in [0.717, 1.165) is 16.7 Å². The first-order valence-electron chi connectivity index (χ1n) is 5.95. The molecule has 0 aliphatic heterocycles. The molecule has 0 atom stereocenters. The molecule has 4 heteroatoms. The van der Waals surface area contributed by atoms with Gasteiger partial charge in [-0.05, 0) is 38.8 Å².